The van der Waals surface area contributed by atoms with Crippen LogP contribution < -0.4 is 15.5 Å². The maximum absolute atomic E-state index is 12.4. The monoisotopic (exact) mass is 466 g/mol. The third kappa shape index (κ3) is 4.77. The third-order valence-corrected chi connectivity index (χ3v) is 6.24. The van der Waals surface area contributed by atoms with E-state index < -0.39 is 0 Å². The van der Waals surface area contributed by atoms with Crippen molar-refractivity contribution < 1.29 is 19.1 Å². The molecule has 0 spiro atoms. The van der Waals surface area contributed by atoms with Crippen molar-refractivity contribution in [1.29, 1.82) is 0 Å². The van der Waals surface area contributed by atoms with Crippen LogP contribution in [0.5, 0.6) is 0 Å². The van der Waals surface area contributed by atoms with E-state index in [0.29, 0.717) is 50.5 Å². The number of fused-ring (bicyclic) bond motifs is 1. The number of hydrogen-bond acceptors (Lipinski definition) is 7. The number of anilines is 2. The Morgan fingerprint density at radius 2 is 1.97 bits per heavy atom. The molecule has 1 aromatic heterocycles. The first kappa shape index (κ1) is 22.4. The standard InChI is InChI=1S/C24H30N6O4/c1-3-34-24(32)29-12-19-20(13-29)27-21(28-22(19)30-10-11-33-14-15(30)2)16-4-6-17(7-5-16)25-23(31)26-18-8-9-18/h4-7,15,18H,3,8-14H2,1-2H3,(H2,25,26,31). The Bertz CT molecular complexity index is 1070. The summed E-state index contributed by atoms with van der Waals surface area (Å²) in [7, 11) is 0. The van der Waals surface area contributed by atoms with Gasteiger partial charge in [-0.25, -0.2) is 19.6 Å². The van der Waals surface area contributed by atoms with Gasteiger partial charge < -0.3 is 25.0 Å². The van der Waals surface area contributed by atoms with Gasteiger partial charge in [0.05, 0.1) is 44.6 Å². The molecule has 1 aromatic carbocycles. The van der Waals surface area contributed by atoms with Crippen molar-refractivity contribution in [1.82, 2.24) is 20.2 Å². The van der Waals surface area contributed by atoms with E-state index in [1.165, 1.54) is 0 Å². The minimum absolute atomic E-state index is 0.161. The van der Waals surface area contributed by atoms with E-state index in [1.807, 2.05) is 24.3 Å². The zero-order valence-corrected chi connectivity index (χ0v) is 19.5. The lowest BCUT2D eigenvalue weighted by Crippen LogP contribution is -2.44. The van der Waals surface area contributed by atoms with Crippen LogP contribution in [0.15, 0.2) is 24.3 Å². The van der Waals surface area contributed by atoms with Crippen LogP contribution in [0.4, 0.5) is 21.1 Å². The Morgan fingerprint density at radius 1 is 1.18 bits per heavy atom. The molecule has 1 atom stereocenters. The molecule has 180 valence electrons. The predicted octanol–water partition coefficient (Wildman–Crippen LogP) is 3.12. The number of aromatic nitrogens is 2. The fourth-order valence-electron chi connectivity index (χ4n) is 4.27. The molecule has 1 saturated heterocycles. The van der Waals surface area contributed by atoms with Gasteiger partial charge in [0.15, 0.2) is 5.82 Å². The number of carbonyl (C=O) groups is 2. The Kier molecular flexibility index (Phi) is 6.23. The van der Waals surface area contributed by atoms with E-state index in [2.05, 4.69) is 22.5 Å². The van der Waals surface area contributed by atoms with Gasteiger partial charge in [0.1, 0.15) is 5.82 Å². The minimum Gasteiger partial charge on any atom is -0.450 e. The number of hydrogen-bond donors (Lipinski definition) is 2. The summed E-state index contributed by atoms with van der Waals surface area (Å²) in [6, 6.07) is 7.77. The van der Waals surface area contributed by atoms with Gasteiger partial charge in [-0.1, -0.05) is 0 Å². The zero-order valence-electron chi connectivity index (χ0n) is 19.5. The Balaban J connectivity index is 1.42. The number of nitrogens with one attached hydrogen (secondary N) is 2. The number of morpholine rings is 1. The van der Waals surface area contributed by atoms with E-state index in [-0.39, 0.29) is 18.2 Å². The van der Waals surface area contributed by atoms with Gasteiger partial charge in [-0.3, -0.25) is 4.90 Å². The molecule has 3 heterocycles. The van der Waals surface area contributed by atoms with Crippen molar-refractivity contribution in [2.45, 2.75) is 51.9 Å². The van der Waals surface area contributed by atoms with E-state index in [0.717, 1.165) is 42.0 Å². The Morgan fingerprint density at radius 3 is 2.68 bits per heavy atom. The molecule has 0 bridgehead atoms. The van der Waals surface area contributed by atoms with Crippen molar-refractivity contribution in [3.8, 4) is 11.4 Å². The number of carbonyl (C=O) groups excluding carboxylic acids is 2. The third-order valence-electron chi connectivity index (χ3n) is 6.24. The second-order valence-corrected chi connectivity index (χ2v) is 8.92. The molecule has 0 radical (unpaired) electrons. The maximum Gasteiger partial charge on any atom is 0.410 e. The lowest BCUT2D eigenvalue weighted by atomic mass is 10.1. The molecule has 3 amide bonds. The van der Waals surface area contributed by atoms with Crippen LogP contribution in [0, 0.1) is 0 Å². The SMILES string of the molecule is CCOC(=O)N1Cc2nc(-c3ccc(NC(=O)NC4CC4)cc3)nc(N3CCOCC3C)c2C1. The van der Waals surface area contributed by atoms with Crippen molar-refractivity contribution in [2.75, 3.05) is 36.6 Å². The largest absolute Gasteiger partial charge is 0.450 e. The molecule has 10 nitrogen and oxygen atoms in total. The zero-order chi connectivity index (χ0) is 23.7. The molecule has 1 unspecified atom stereocenters. The highest BCUT2D eigenvalue weighted by atomic mass is 16.6. The van der Waals surface area contributed by atoms with E-state index in [4.69, 9.17) is 19.4 Å². The fraction of sp³-hybridized carbons (Fsp3) is 0.500. The van der Waals surface area contributed by atoms with Gasteiger partial charge >= 0.3 is 12.1 Å². The van der Waals surface area contributed by atoms with Crippen molar-refractivity contribution in [3.63, 3.8) is 0 Å². The lowest BCUT2D eigenvalue weighted by Gasteiger charge is -2.35. The van der Waals surface area contributed by atoms with Gasteiger partial charge in [-0.15, -0.1) is 0 Å². The first-order chi connectivity index (χ1) is 16.5. The maximum atomic E-state index is 12.4. The number of ether oxygens (including phenoxy) is 2. The van der Waals surface area contributed by atoms with Crippen LogP contribution in [0.2, 0.25) is 0 Å². The average Bonchev–Trinajstić information content (AvgIpc) is 3.53. The number of nitrogens with zero attached hydrogens (tertiary/aromatic N) is 4. The fourth-order valence-corrected chi connectivity index (χ4v) is 4.27. The molecule has 2 aliphatic heterocycles. The summed E-state index contributed by atoms with van der Waals surface area (Å²) < 4.78 is 10.8. The molecule has 34 heavy (non-hydrogen) atoms. The second-order valence-electron chi connectivity index (χ2n) is 8.92. The summed E-state index contributed by atoms with van der Waals surface area (Å²) in [5.41, 5.74) is 3.34. The highest BCUT2D eigenvalue weighted by molar-refractivity contribution is 5.89. The molecule has 5 rings (SSSR count). The molecule has 2 fully saturated rings. The molecule has 1 aliphatic carbocycles. The highest BCUT2D eigenvalue weighted by Gasteiger charge is 2.33. The summed E-state index contributed by atoms with van der Waals surface area (Å²) in [5, 5.41) is 5.78. The number of amides is 3. The number of urea groups is 1. The summed E-state index contributed by atoms with van der Waals surface area (Å²) in [6.45, 7) is 7.02. The van der Waals surface area contributed by atoms with Crippen LogP contribution >= 0.6 is 0 Å². The van der Waals surface area contributed by atoms with E-state index in [1.54, 1.807) is 11.8 Å². The summed E-state index contributed by atoms with van der Waals surface area (Å²) >= 11 is 0. The van der Waals surface area contributed by atoms with Gasteiger partial charge in [-0.05, 0) is 51.0 Å². The molecule has 10 heteroatoms. The van der Waals surface area contributed by atoms with E-state index in [9.17, 15) is 9.59 Å². The second kappa shape index (κ2) is 9.46. The molecule has 2 N–H and O–H groups in total. The smallest absolute Gasteiger partial charge is 0.410 e. The summed E-state index contributed by atoms with van der Waals surface area (Å²) in [4.78, 5) is 38.1. The minimum atomic E-state index is -0.345. The molecule has 3 aliphatic rings. The van der Waals surface area contributed by atoms with Crippen LogP contribution in [0.1, 0.15) is 37.9 Å². The van der Waals surface area contributed by atoms with Crippen molar-refractivity contribution in [2.24, 2.45) is 0 Å². The molecule has 1 saturated carbocycles. The van der Waals surface area contributed by atoms with Crippen molar-refractivity contribution in [3.05, 3.63) is 35.5 Å². The van der Waals surface area contributed by atoms with Gasteiger partial charge in [-0.2, -0.15) is 0 Å². The highest BCUT2D eigenvalue weighted by Crippen LogP contribution is 2.34. The quantitative estimate of drug-likeness (QED) is 0.697. The van der Waals surface area contributed by atoms with Crippen LogP contribution in [-0.2, 0) is 22.6 Å². The number of benzene rings is 1. The van der Waals surface area contributed by atoms with Crippen LogP contribution in [0.25, 0.3) is 11.4 Å². The van der Waals surface area contributed by atoms with Crippen molar-refractivity contribution >= 4 is 23.6 Å². The lowest BCUT2D eigenvalue weighted by molar-refractivity contribution is 0.0980. The molecular formula is C24H30N6O4. The van der Waals surface area contributed by atoms with Gasteiger partial charge in [0.2, 0.25) is 0 Å². The van der Waals surface area contributed by atoms with Crippen LogP contribution in [-0.4, -0.2) is 65.4 Å². The first-order valence-electron chi connectivity index (χ1n) is 11.9. The predicted molar refractivity (Wildman–Crippen MR) is 127 cm³/mol. The molecular weight excluding hydrogens is 436 g/mol. The Labute approximate surface area is 198 Å². The normalized spacial score (nSPS) is 19.5. The van der Waals surface area contributed by atoms with Gasteiger partial charge in [0, 0.05) is 29.4 Å². The van der Waals surface area contributed by atoms with E-state index >= 15 is 0 Å². The topological polar surface area (TPSA) is 109 Å². The Hall–Kier alpha value is -3.40. The number of rotatable bonds is 5. The first-order valence-corrected chi connectivity index (χ1v) is 11.9. The van der Waals surface area contributed by atoms with Crippen LogP contribution in [0.3, 0.4) is 0 Å². The molecule has 2 aromatic rings. The average molecular weight is 467 g/mol. The summed E-state index contributed by atoms with van der Waals surface area (Å²) in [5.74, 6) is 1.43. The summed E-state index contributed by atoms with van der Waals surface area (Å²) in [6.07, 6.45) is 1.74. The van der Waals surface area contributed by atoms with Gasteiger partial charge in [0.25, 0.3) is 0 Å².